The molecule has 0 aromatic heterocycles. The zero-order valence-corrected chi connectivity index (χ0v) is 22.0. The number of urea groups is 1. The highest BCUT2D eigenvalue weighted by molar-refractivity contribution is 6.01. The second-order valence-corrected chi connectivity index (χ2v) is 10.4. The summed E-state index contributed by atoms with van der Waals surface area (Å²) in [6, 6.07) is 17.9. The van der Waals surface area contributed by atoms with E-state index in [4.69, 9.17) is 4.74 Å². The van der Waals surface area contributed by atoms with Crippen LogP contribution in [0, 0.1) is 0 Å². The zero-order valence-electron chi connectivity index (χ0n) is 22.0. The Balaban J connectivity index is 1.08. The van der Waals surface area contributed by atoms with Crippen molar-refractivity contribution < 1.29 is 19.1 Å². The molecule has 2 N–H and O–H groups in total. The fourth-order valence-electron chi connectivity index (χ4n) is 5.56. The molecular weight excluding hydrogens is 482 g/mol. The first-order valence-corrected chi connectivity index (χ1v) is 13.6. The van der Waals surface area contributed by atoms with Gasteiger partial charge in [-0.25, -0.2) is 4.79 Å². The van der Waals surface area contributed by atoms with Gasteiger partial charge in [-0.3, -0.25) is 14.9 Å². The third-order valence-corrected chi connectivity index (χ3v) is 7.88. The number of benzene rings is 2. The van der Waals surface area contributed by atoms with Crippen molar-refractivity contribution in [3.8, 4) is 5.75 Å². The van der Waals surface area contributed by atoms with Crippen LogP contribution in [-0.4, -0.2) is 74.2 Å². The number of carbonyl (C=O) groups excluding carboxylic acids is 3. The Kier molecular flexibility index (Phi) is 8.00. The van der Waals surface area contributed by atoms with Gasteiger partial charge in [0.15, 0.2) is 0 Å². The minimum absolute atomic E-state index is 0.0227. The van der Waals surface area contributed by atoms with E-state index < -0.39 is 0 Å². The van der Waals surface area contributed by atoms with E-state index in [9.17, 15) is 14.4 Å². The second kappa shape index (κ2) is 11.8. The normalized spacial score (nSPS) is 21.1. The molecule has 3 saturated heterocycles. The summed E-state index contributed by atoms with van der Waals surface area (Å²) in [5.74, 6) is 0.443. The Morgan fingerprint density at radius 1 is 0.947 bits per heavy atom. The molecule has 4 amide bonds. The molecule has 9 nitrogen and oxygen atoms in total. The number of ether oxygens (including phenoxy) is 1. The third-order valence-electron chi connectivity index (χ3n) is 7.88. The number of piperidine rings is 3. The number of carbonyl (C=O) groups is 3. The molecule has 1 unspecified atom stereocenters. The maximum Gasteiger partial charge on any atom is 0.317 e. The molecule has 3 heterocycles. The number of hydrogen-bond acceptors (Lipinski definition) is 6. The van der Waals surface area contributed by atoms with E-state index >= 15 is 0 Å². The molecule has 2 aromatic rings. The topological polar surface area (TPSA) is 94.2 Å². The number of likely N-dealkylation sites (tertiary alicyclic amines) is 1. The number of para-hydroxylation sites is 1. The average Bonchev–Trinajstić information content (AvgIpc) is 2.94. The molecule has 3 fully saturated rings. The average molecular weight is 520 g/mol. The lowest BCUT2D eigenvalue weighted by Gasteiger charge is -2.37. The van der Waals surface area contributed by atoms with Gasteiger partial charge >= 0.3 is 6.03 Å². The first kappa shape index (κ1) is 25.9. The summed E-state index contributed by atoms with van der Waals surface area (Å²) < 4.78 is 6.05. The van der Waals surface area contributed by atoms with Crippen LogP contribution in [0.4, 0.5) is 16.2 Å². The summed E-state index contributed by atoms with van der Waals surface area (Å²) >= 11 is 0. The molecule has 0 bridgehead atoms. The number of nitrogens with one attached hydrogen (secondary N) is 2. The Morgan fingerprint density at radius 2 is 1.68 bits per heavy atom. The van der Waals surface area contributed by atoms with E-state index in [0.29, 0.717) is 25.9 Å². The van der Waals surface area contributed by atoms with Gasteiger partial charge < -0.3 is 24.8 Å². The molecule has 3 aliphatic rings. The molecule has 0 saturated carbocycles. The summed E-state index contributed by atoms with van der Waals surface area (Å²) in [7, 11) is 1.90. The molecule has 9 heteroatoms. The Labute approximate surface area is 224 Å². The highest BCUT2D eigenvalue weighted by Gasteiger charge is 2.31. The number of anilines is 2. The minimum Gasteiger partial charge on any atom is -0.490 e. The molecule has 202 valence electrons. The van der Waals surface area contributed by atoms with Gasteiger partial charge in [-0.2, -0.15) is 0 Å². The van der Waals surface area contributed by atoms with Crippen LogP contribution in [0.2, 0.25) is 0 Å². The summed E-state index contributed by atoms with van der Waals surface area (Å²) in [4.78, 5) is 42.9. The van der Waals surface area contributed by atoms with Crippen LogP contribution < -0.4 is 25.2 Å². The van der Waals surface area contributed by atoms with Crippen molar-refractivity contribution in [3.63, 3.8) is 0 Å². The van der Waals surface area contributed by atoms with E-state index in [1.807, 2.05) is 59.3 Å². The summed E-state index contributed by atoms with van der Waals surface area (Å²) in [6.45, 7) is 3.11. The molecule has 1 atom stereocenters. The van der Waals surface area contributed by atoms with E-state index in [0.717, 1.165) is 55.9 Å². The smallest absolute Gasteiger partial charge is 0.317 e. The third kappa shape index (κ3) is 6.20. The molecule has 0 spiro atoms. The highest BCUT2D eigenvalue weighted by Crippen LogP contribution is 2.27. The lowest BCUT2D eigenvalue weighted by atomic mass is 10.0. The van der Waals surface area contributed by atoms with Crippen molar-refractivity contribution in [2.75, 3.05) is 43.0 Å². The van der Waals surface area contributed by atoms with Crippen molar-refractivity contribution in [2.45, 2.75) is 56.7 Å². The molecule has 38 heavy (non-hydrogen) atoms. The van der Waals surface area contributed by atoms with Gasteiger partial charge in [0.05, 0.1) is 0 Å². The number of hydrogen-bond donors (Lipinski definition) is 2. The maximum absolute atomic E-state index is 12.9. The first-order valence-electron chi connectivity index (χ1n) is 13.6. The van der Waals surface area contributed by atoms with Crippen molar-refractivity contribution in [1.29, 1.82) is 0 Å². The number of rotatable bonds is 6. The van der Waals surface area contributed by atoms with Crippen LogP contribution >= 0.6 is 0 Å². The van der Waals surface area contributed by atoms with Gasteiger partial charge in [0, 0.05) is 69.9 Å². The second-order valence-electron chi connectivity index (χ2n) is 10.4. The van der Waals surface area contributed by atoms with Crippen LogP contribution in [0.25, 0.3) is 0 Å². The van der Waals surface area contributed by atoms with E-state index in [1.54, 1.807) is 0 Å². The molecule has 2 aromatic carbocycles. The largest absolute Gasteiger partial charge is 0.490 e. The fraction of sp³-hybridized carbons (Fsp3) is 0.483. The van der Waals surface area contributed by atoms with Gasteiger partial charge in [0.25, 0.3) is 0 Å². The van der Waals surface area contributed by atoms with Crippen LogP contribution in [0.3, 0.4) is 0 Å². The van der Waals surface area contributed by atoms with E-state index in [-0.39, 0.29) is 36.0 Å². The first-order chi connectivity index (χ1) is 18.5. The van der Waals surface area contributed by atoms with Crippen LogP contribution in [-0.2, 0) is 9.59 Å². The predicted molar refractivity (Wildman–Crippen MR) is 146 cm³/mol. The summed E-state index contributed by atoms with van der Waals surface area (Å²) in [5.41, 5.74) is 2.05. The van der Waals surface area contributed by atoms with Crippen molar-refractivity contribution >= 4 is 29.2 Å². The van der Waals surface area contributed by atoms with Crippen LogP contribution in [0.5, 0.6) is 5.75 Å². The lowest BCUT2D eigenvalue weighted by molar-refractivity contribution is -0.134. The molecular formula is C29H37N5O4. The van der Waals surface area contributed by atoms with Gasteiger partial charge in [0.2, 0.25) is 11.8 Å². The SMILES string of the molecule is CN(c1cccc(N2CCC(NC(=O)N3CCC(Oc4ccccc4)CC3)CC2)c1)C1CCC(=O)NC1=O. The van der Waals surface area contributed by atoms with Gasteiger partial charge in [-0.1, -0.05) is 24.3 Å². The number of imide groups is 1. The van der Waals surface area contributed by atoms with Crippen LogP contribution in [0.15, 0.2) is 54.6 Å². The Hall–Kier alpha value is -3.75. The zero-order chi connectivity index (χ0) is 26.5. The molecule has 5 rings (SSSR count). The van der Waals surface area contributed by atoms with Crippen molar-refractivity contribution in [1.82, 2.24) is 15.5 Å². The minimum atomic E-state index is -0.348. The monoisotopic (exact) mass is 519 g/mol. The van der Waals surface area contributed by atoms with Crippen LogP contribution in [0.1, 0.15) is 38.5 Å². The molecule has 0 aliphatic carbocycles. The lowest BCUT2D eigenvalue weighted by Crippen LogP contribution is -2.52. The summed E-state index contributed by atoms with van der Waals surface area (Å²) in [5, 5.41) is 5.69. The molecule has 3 aliphatic heterocycles. The summed E-state index contributed by atoms with van der Waals surface area (Å²) in [6.07, 6.45) is 4.47. The Morgan fingerprint density at radius 3 is 2.39 bits per heavy atom. The highest BCUT2D eigenvalue weighted by atomic mass is 16.5. The predicted octanol–water partition coefficient (Wildman–Crippen LogP) is 3.15. The fourth-order valence-corrected chi connectivity index (χ4v) is 5.56. The number of nitrogens with zero attached hydrogens (tertiary/aromatic N) is 3. The standard InChI is InChI=1S/C29H37N5O4/c1-32(26-10-11-27(35)31-28(26)36)22-6-5-7-23(20-22)33-16-12-21(13-17-33)30-29(37)34-18-14-25(15-19-34)38-24-8-3-2-4-9-24/h2-9,20-21,25-26H,10-19H2,1H3,(H,30,37)(H,31,35,36). The maximum atomic E-state index is 12.9. The van der Waals surface area contributed by atoms with Crippen molar-refractivity contribution in [3.05, 3.63) is 54.6 Å². The van der Waals surface area contributed by atoms with Crippen molar-refractivity contribution in [2.24, 2.45) is 0 Å². The van der Waals surface area contributed by atoms with Gasteiger partial charge in [-0.05, 0) is 49.6 Å². The molecule has 0 radical (unpaired) electrons. The van der Waals surface area contributed by atoms with E-state index in [1.165, 1.54) is 0 Å². The van der Waals surface area contributed by atoms with Gasteiger partial charge in [-0.15, -0.1) is 0 Å². The van der Waals surface area contributed by atoms with Gasteiger partial charge in [0.1, 0.15) is 17.9 Å². The Bertz CT molecular complexity index is 1130. The number of likely N-dealkylation sites (N-methyl/N-ethyl adjacent to an activating group) is 1. The number of amides is 4. The van der Waals surface area contributed by atoms with E-state index in [2.05, 4.69) is 27.7 Å². The quantitative estimate of drug-likeness (QED) is 0.570.